The monoisotopic (exact) mass is 458 g/mol. The number of fused-ring (bicyclic) bond motifs is 1. The highest BCUT2D eigenvalue weighted by atomic mass is 16.7. The van der Waals surface area contributed by atoms with Gasteiger partial charge in [0.1, 0.15) is 0 Å². The highest BCUT2D eigenvalue weighted by molar-refractivity contribution is 5.90. The fraction of sp³-hybridized carbons (Fsp3) is 0.250. The zero-order chi connectivity index (χ0) is 23.8. The number of hydrogen-bond acceptors (Lipinski definition) is 7. The van der Waals surface area contributed by atoms with Crippen molar-refractivity contribution in [3.8, 4) is 11.1 Å². The number of aromatic nitrogens is 4. The Morgan fingerprint density at radius 2 is 2.06 bits per heavy atom. The molecule has 1 aliphatic heterocycles. The first-order valence-corrected chi connectivity index (χ1v) is 11.0. The van der Waals surface area contributed by atoms with Crippen molar-refractivity contribution in [2.75, 3.05) is 36.7 Å². The Kier molecular flexibility index (Phi) is 5.50. The van der Waals surface area contributed by atoms with Crippen molar-refractivity contribution in [3.05, 3.63) is 66.1 Å². The molecule has 10 nitrogen and oxygen atoms in total. The Bertz CT molecular complexity index is 1370. The van der Waals surface area contributed by atoms with Gasteiger partial charge >= 0.3 is 6.03 Å². The predicted octanol–water partition coefficient (Wildman–Crippen LogP) is 3.66. The molecule has 1 saturated heterocycles. The summed E-state index contributed by atoms with van der Waals surface area (Å²) in [4.78, 5) is 29.6. The molecule has 0 spiro atoms. The second-order valence-electron chi connectivity index (χ2n) is 8.43. The van der Waals surface area contributed by atoms with E-state index in [2.05, 4.69) is 26.4 Å². The smallest absolute Gasteiger partial charge is 0.346 e. The Morgan fingerprint density at radius 3 is 2.88 bits per heavy atom. The molecule has 34 heavy (non-hydrogen) atoms. The summed E-state index contributed by atoms with van der Waals surface area (Å²) in [6.07, 6.45) is 4.31. The summed E-state index contributed by atoms with van der Waals surface area (Å²) in [5, 5.41) is 8.56. The maximum atomic E-state index is 13.2. The van der Waals surface area contributed by atoms with Gasteiger partial charge in [0.2, 0.25) is 5.95 Å². The van der Waals surface area contributed by atoms with Gasteiger partial charge in [-0.1, -0.05) is 12.1 Å². The average molecular weight is 459 g/mol. The molecule has 0 radical (unpaired) electrons. The van der Waals surface area contributed by atoms with Crippen molar-refractivity contribution in [3.63, 3.8) is 0 Å². The molecule has 1 unspecified atom stereocenters. The van der Waals surface area contributed by atoms with Crippen LogP contribution in [0.2, 0.25) is 0 Å². The van der Waals surface area contributed by atoms with Gasteiger partial charge in [0.25, 0.3) is 0 Å². The zero-order valence-electron chi connectivity index (χ0n) is 19.3. The first-order chi connectivity index (χ1) is 16.4. The molecule has 5 rings (SSSR count). The van der Waals surface area contributed by atoms with Crippen LogP contribution in [0.1, 0.15) is 23.7 Å². The number of anilines is 3. The summed E-state index contributed by atoms with van der Waals surface area (Å²) in [5.41, 5.74) is 11.5. The molecule has 1 aliphatic rings. The highest BCUT2D eigenvalue weighted by Crippen LogP contribution is 2.33. The topological polar surface area (TPSA) is 114 Å². The Balaban J connectivity index is 1.39. The van der Waals surface area contributed by atoms with E-state index in [1.807, 2.05) is 68.5 Å². The normalized spacial score (nSPS) is 15.6. The molecule has 0 aliphatic carbocycles. The molecule has 1 aromatic carbocycles. The predicted molar refractivity (Wildman–Crippen MR) is 130 cm³/mol. The maximum Gasteiger partial charge on any atom is 0.346 e. The number of hydrogen-bond donors (Lipinski definition) is 2. The van der Waals surface area contributed by atoms with Gasteiger partial charge in [-0.25, -0.2) is 9.31 Å². The van der Waals surface area contributed by atoms with Crippen LogP contribution < -0.4 is 16.0 Å². The summed E-state index contributed by atoms with van der Waals surface area (Å²) < 4.78 is 1.62. The van der Waals surface area contributed by atoms with Crippen molar-refractivity contribution in [1.29, 1.82) is 0 Å². The minimum Gasteiger partial charge on any atom is -0.378 e. The number of aryl methyl sites for hydroxylation is 1. The summed E-state index contributed by atoms with van der Waals surface area (Å²) in [6, 6.07) is 13.3. The summed E-state index contributed by atoms with van der Waals surface area (Å²) in [6.45, 7) is 2.33. The van der Waals surface area contributed by atoms with Crippen molar-refractivity contribution in [2.45, 2.75) is 19.4 Å². The second-order valence-corrected chi connectivity index (χ2v) is 8.43. The number of hydroxylamine groups is 2. The molecular formula is C24H26N8O2. The quantitative estimate of drug-likeness (QED) is 0.480. The third-order valence-corrected chi connectivity index (χ3v) is 5.89. The van der Waals surface area contributed by atoms with Crippen LogP contribution in [0.5, 0.6) is 0 Å². The van der Waals surface area contributed by atoms with Crippen LogP contribution in [0.3, 0.4) is 0 Å². The van der Waals surface area contributed by atoms with E-state index < -0.39 is 0 Å². The third kappa shape index (κ3) is 4.11. The van der Waals surface area contributed by atoms with Crippen LogP contribution in [0.4, 0.5) is 22.1 Å². The Morgan fingerprint density at radius 1 is 1.21 bits per heavy atom. The average Bonchev–Trinajstić information content (AvgIpc) is 3.46. The molecule has 174 valence electrons. The number of carbonyl (C=O) groups is 1. The minimum absolute atomic E-state index is 0.170. The molecule has 3 N–H and O–H groups in total. The van der Waals surface area contributed by atoms with Crippen LogP contribution in [-0.2, 0) is 4.84 Å². The van der Waals surface area contributed by atoms with Crippen LogP contribution in [0, 0.1) is 6.92 Å². The molecule has 1 atom stereocenters. The number of rotatable bonds is 4. The third-order valence-electron chi connectivity index (χ3n) is 5.89. The standard InChI is InChI=1S/C24H26N8O2/c1-15-20(12-18(13-26-15)17-7-8-22-28-23(25)29-31(22)14-17)27-24(33)32-21(9-10-34-32)16-5-4-6-19(11-16)30(2)3/h4-8,11-14,21H,9-10H2,1-3H3,(H2,25,29)(H,27,33). The first-order valence-electron chi connectivity index (χ1n) is 11.0. The Labute approximate surface area is 196 Å². The van der Waals surface area contributed by atoms with E-state index in [-0.39, 0.29) is 18.0 Å². The zero-order valence-corrected chi connectivity index (χ0v) is 19.3. The van der Waals surface area contributed by atoms with Crippen molar-refractivity contribution in [2.24, 2.45) is 0 Å². The van der Waals surface area contributed by atoms with Gasteiger partial charge in [-0.3, -0.25) is 9.82 Å². The number of pyridine rings is 2. The van der Waals surface area contributed by atoms with Gasteiger partial charge in [0.05, 0.1) is 24.0 Å². The van der Waals surface area contributed by atoms with Gasteiger partial charge in [-0.15, -0.1) is 5.10 Å². The molecule has 4 heterocycles. The van der Waals surface area contributed by atoms with E-state index in [9.17, 15) is 4.79 Å². The van der Waals surface area contributed by atoms with E-state index in [4.69, 9.17) is 10.6 Å². The largest absolute Gasteiger partial charge is 0.378 e. The number of nitrogens with two attached hydrogens (primary N) is 1. The van der Waals surface area contributed by atoms with E-state index in [1.165, 1.54) is 5.06 Å². The number of nitrogens with zero attached hydrogens (tertiary/aromatic N) is 6. The van der Waals surface area contributed by atoms with Crippen molar-refractivity contribution >= 4 is 29.0 Å². The number of nitrogens with one attached hydrogen (secondary N) is 1. The van der Waals surface area contributed by atoms with Crippen LogP contribution in [0.15, 0.2) is 54.9 Å². The van der Waals surface area contributed by atoms with Crippen LogP contribution >= 0.6 is 0 Å². The van der Waals surface area contributed by atoms with Crippen molar-refractivity contribution in [1.82, 2.24) is 24.6 Å². The number of carbonyl (C=O) groups excluding carboxylic acids is 1. The van der Waals surface area contributed by atoms with Gasteiger partial charge in [-0.2, -0.15) is 10.0 Å². The first kappa shape index (κ1) is 21.7. The lowest BCUT2D eigenvalue weighted by Crippen LogP contribution is -2.33. The lowest BCUT2D eigenvalue weighted by Gasteiger charge is -2.24. The molecule has 0 bridgehead atoms. The number of amides is 2. The van der Waals surface area contributed by atoms with Gasteiger partial charge < -0.3 is 16.0 Å². The lowest BCUT2D eigenvalue weighted by molar-refractivity contribution is -0.0829. The minimum atomic E-state index is -0.334. The van der Waals surface area contributed by atoms with E-state index >= 15 is 0 Å². The number of nitrogen functional groups attached to an aromatic ring is 1. The van der Waals surface area contributed by atoms with Crippen LogP contribution in [0.25, 0.3) is 16.8 Å². The number of urea groups is 1. The van der Waals surface area contributed by atoms with Crippen molar-refractivity contribution < 1.29 is 9.63 Å². The van der Waals surface area contributed by atoms with E-state index in [1.54, 1.807) is 10.7 Å². The molecule has 3 aromatic heterocycles. The van der Waals surface area contributed by atoms with Gasteiger partial charge in [-0.05, 0) is 42.8 Å². The van der Waals surface area contributed by atoms with E-state index in [0.717, 1.165) is 28.8 Å². The van der Waals surface area contributed by atoms with Gasteiger partial charge in [0, 0.05) is 49.7 Å². The molecular weight excluding hydrogens is 432 g/mol. The highest BCUT2D eigenvalue weighted by Gasteiger charge is 2.32. The fourth-order valence-corrected chi connectivity index (χ4v) is 4.04. The Hall–Kier alpha value is -4.18. The molecule has 10 heteroatoms. The molecule has 0 saturated carbocycles. The summed E-state index contributed by atoms with van der Waals surface area (Å²) >= 11 is 0. The maximum absolute atomic E-state index is 13.2. The SMILES string of the molecule is Cc1ncc(-c2ccc3nc(N)nn3c2)cc1NC(=O)N1OCCC1c1cccc(N(C)C)c1. The van der Waals surface area contributed by atoms with Crippen LogP contribution in [-0.4, -0.2) is 51.4 Å². The second kappa shape index (κ2) is 8.64. The summed E-state index contributed by atoms with van der Waals surface area (Å²) in [5.74, 6) is 0.211. The van der Waals surface area contributed by atoms with E-state index in [0.29, 0.717) is 23.6 Å². The summed E-state index contributed by atoms with van der Waals surface area (Å²) in [7, 11) is 3.99. The number of benzene rings is 1. The molecule has 2 amide bonds. The molecule has 1 fully saturated rings. The molecule has 4 aromatic rings. The lowest BCUT2D eigenvalue weighted by atomic mass is 10.0. The fourth-order valence-electron chi connectivity index (χ4n) is 4.04. The van der Waals surface area contributed by atoms with Gasteiger partial charge in [0.15, 0.2) is 5.65 Å².